The smallest absolute Gasteiger partial charge is 0.387 e. The number of para-hydroxylation sites is 1. The van der Waals surface area contributed by atoms with Crippen molar-refractivity contribution in [2.75, 3.05) is 17.7 Å². The molecule has 0 aromatic heterocycles. The van der Waals surface area contributed by atoms with Crippen LogP contribution in [0.25, 0.3) is 6.08 Å². The van der Waals surface area contributed by atoms with Crippen molar-refractivity contribution in [1.29, 1.82) is 0 Å². The fourth-order valence-electron chi connectivity index (χ4n) is 3.04. The van der Waals surface area contributed by atoms with Crippen LogP contribution in [0.15, 0.2) is 72.8 Å². The van der Waals surface area contributed by atoms with Crippen LogP contribution >= 0.6 is 0 Å². The molecule has 2 amide bonds. The number of methoxy groups -OCH3 is 1. The maximum Gasteiger partial charge on any atom is 0.387 e. The molecule has 0 bridgehead atoms. The van der Waals surface area contributed by atoms with Gasteiger partial charge in [0.2, 0.25) is 5.91 Å². The third-order valence-electron chi connectivity index (χ3n) is 4.54. The minimum atomic E-state index is -2.98. The zero-order valence-corrected chi connectivity index (χ0v) is 18.0. The number of benzene rings is 3. The van der Waals surface area contributed by atoms with Crippen molar-refractivity contribution in [2.24, 2.45) is 0 Å². The van der Waals surface area contributed by atoms with Crippen LogP contribution in [0.5, 0.6) is 11.5 Å². The van der Waals surface area contributed by atoms with Crippen LogP contribution in [0.1, 0.15) is 21.5 Å². The van der Waals surface area contributed by atoms with Gasteiger partial charge in [-0.05, 0) is 60.5 Å². The van der Waals surface area contributed by atoms with E-state index in [0.717, 1.165) is 5.56 Å². The van der Waals surface area contributed by atoms with Gasteiger partial charge in [-0.2, -0.15) is 8.78 Å². The van der Waals surface area contributed by atoms with Crippen molar-refractivity contribution >= 4 is 29.3 Å². The van der Waals surface area contributed by atoms with E-state index in [-0.39, 0.29) is 17.4 Å². The van der Waals surface area contributed by atoms with Gasteiger partial charge in [0.1, 0.15) is 0 Å². The Morgan fingerprint density at radius 3 is 2.45 bits per heavy atom. The fourth-order valence-corrected chi connectivity index (χ4v) is 3.04. The Labute approximate surface area is 189 Å². The van der Waals surface area contributed by atoms with Crippen LogP contribution in [-0.4, -0.2) is 25.5 Å². The van der Waals surface area contributed by atoms with E-state index < -0.39 is 12.5 Å². The highest BCUT2D eigenvalue weighted by Gasteiger charge is 2.13. The zero-order valence-electron chi connectivity index (χ0n) is 18.0. The summed E-state index contributed by atoms with van der Waals surface area (Å²) < 4.78 is 34.3. The second-order valence-corrected chi connectivity index (χ2v) is 6.98. The number of aryl methyl sites for hydroxylation is 1. The quantitative estimate of drug-likeness (QED) is 0.442. The Bertz CT molecular complexity index is 1180. The van der Waals surface area contributed by atoms with E-state index in [1.54, 1.807) is 30.3 Å². The number of alkyl halides is 2. The topological polar surface area (TPSA) is 76.7 Å². The van der Waals surface area contributed by atoms with Gasteiger partial charge in [0, 0.05) is 11.8 Å². The maximum atomic E-state index is 12.7. The van der Waals surface area contributed by atoms with Gasteiger partial charge in [-0.15, -0.1) is 0 Å². The molecule has 0 fully saturated rings. The average molecular weight is 452 g/mol. The first-order valence-corrected chi connectivity index (χ1v) is 9.94. The molecule has 0 atom stereocenters. The van der Waals surface area contributed by atoms with E-state index in [4.69, 9.17) is 4.74 Å². The third kappa shape index (κ3) is 6.64. The van der Waals surface area contributed by atoms with Crippen molar-refractivity contribution in [1.82, 2.24) is 0 Å². The van der Waals surface area contributed by atoms with E-state index in [2.05, 4.69) is 15.4 Å². The molecule has 0 aliphatic carbocycles. The van der Waals surface area contributed by atoms with Crippen LogP contribution in [0.2, 0.25) is 0 Å². The van der Waals surface area contributed by atoms with Crippen molar-refractivity contribution in [3.05, 3.63) is 89.5 Å². The molecular formula is C25H22F2N2O4. The summed E-state index contributed by atoms with van der Waals surface area (Å²) in [7, 11) is 1.33. The monoisotopic (exact) mass is 452 g/mol. The van der Waals surface area contributed by atoms with Crippen molar-refractivity contribution < 1.29 is 27.8 Å². The number of nitrogens with one attached hydrogen (secondary N) is 2. The molecule has 0 aliphatic heterocycles. The number of amides is 2. The van der Waals surface area contributed by atoms with Gasteiger partial charge >= 0.3 is 6.61 Å². The molecule has 0 saturated heterocycles. The number of halogens is 2. The number of rotatable bonds is 8. The SMILES string of the molecule is COc1cc(C=CC(=O)Nc2ccccc2C(=O)Nc2cccc(C)c2)ccc1OC(F)F. The average Bonchev–Trinajstić information content (AvgIpc) is 2.78. The highest BCUT2D eigenvalue weighted by atomic mass is 19.3. The molecule has 6 nitrogen and oxygen atoms in total. The fraction of sp³-hybridized carbons (Fsp3) is 0.120. The molecule has 0 spiro atoms. The normalized spacial score (nSPS) is 10.8. The van der Waals surface area contributed by atoms with Gasteiger partial charge in [0.25, 0.3) is 5.91 Å². The second-order valence-electron chi connectivity index (χ2n) is 6.98. The number of ether oxygens (including phenoxy) is 2. The summed E-state index contributed by atoms with van der Waals surface area (Å²) >= 11 is 0. The Balaban J connectivity index is 1.71. The first-order chi connectivity index (χ1) is 15.9. The number of carbonyl (C=O) groups is 2. The molecule has 0 unspecified atom stereocenters. The van der Waals surface area contributed by atoms with E-state index in [9.17, 15) is 18.4 Å². The summed E-state index contributed by atoms with van der Waals surface area (Å²) in [4.78, 5) is 25.2. The molecule has 3 rings (SSSR count). The molecule has 2 N–H and O–H groups in total. The number of anilines is 2. The Morgan fingerprint density at radius 2 is 1.73 bits per heavy atom. The molecule has 170 valence electrons. The van der Waals surface area contributed by atoms with E-state index in [1.165, 1.54) is 37.5 Å². The van der Waals surface area contributed by atoms with Crippen LogP contribution in [-0.2, 0) is 4.79 Å². The predicted molar refractivity (Wildman–Crippen MR) is 123 cm³/mol. The highest BCUT2D eigenvalue weighted by Crippen LogP contribution is 2.30. The van der Waals surface area contributed by atoms with Gasteiger partial charge in [0.05, 0.1) is 18.4 Å². The van der Waals surface area contributed by atoms with Crippen LogP contribution in [0, 0.1) is 6.92 Å². The lowest BCUT2D eigenvalue weighted by Crippen LogP contribution is -2.17. The first kappa shape index (κ1) is 23.5. The van der Waals surface area contributed by atoms with E-state index in [1.807, 2.05) is 25.1 Å². The molecule has 0 heterocycles. The molecule has 0 saturated carbocycles. The van der Waals surface area contributed by atoms with Crippen LogP contribution in [0.4, 0.5) is 20.2 Å². The first-order valence-electron chi connectivity index (χ1n) is 9.94. The summed E-state index contributed by atoms with van der Waals surface area (Å²) in [6, 6.07) is 18.3. The summed E-state index contributed by atoms with van der Waals surface area (Å²) in [5.41, 5.74) is 2.83. The maximum absolute atomic E-state index is 12.7. The van der Waals surface area contributed by atoms with Gasteiger partial charge in [-0.25, -0.2) is 0 Å². The molecule has 33 heavy (non-hydrogen) atoms. The number of hydrogen-bond donors (Lipinski definition) is 2. The van der Waals surface area contributed by atoms with Gasteiger partial charge in [-0.3, -0.25) is 9.59 Å². The number of hydrogen-bond acceptors (Lipinski definition) is 4. The zero-order chi connectivity index (χ0) is 23.8. The number of carbonyl (C=O) groups excluding carboxylic acids is 2. The van der Waals surface area contributed by atoms with Crippen molar-refractivity contribution in [3.63, 3.8) is 0 Å². The van der Waals surface area contributed by atoms with E-state index in [0.29, 0.717) is 22.5 Å². The predicted octanol–water partition coefficient (Wildman–Crippen LogP) is 5.51. The van der Waals surface area contributed by atoms with Crippen LogP contribution in [0.3, 0.4) is 0 Å². The van der Waals surface area contributed by atoms with Gasteiger partial charge in [0.15, 0.2) is 11.5 Å². The van der Waals surface area contributed by atoms with Crippen LogP contribution < -0.4 is 20.1 Å². The van der Waals surface area contributed by atoms with E-state index >= 15 is 0 Å². The summed E-state index contributed by atoms with van der Waals surface area (Å²) in [5, 5.41) is 5.50. The largest absolute Gasteiger partial charge is 0.493 e. The lowest BCUT2D eigenvalue weighted by molar-refractivity contribution is -0.111. The van der Waals surface area contributed by atoms with Crippen molar-refractivity contribution in [2.45, 2.75) is 13.5 Å². The molecular weight excluding hydrogens is 430 g/mol. The second kappa shape index (κ2) is 10.9. The molecule has 3 aromatic rings. The molecule has 8 heteroatoms. The molecule has 0 aliphatic rings. The molecule has 3 aromatic carbocycles. The van der Waals surface area contributed by atoms with Crippen molar-refractivity contribution in [3.8, 4) is 11.5 Å². The Kier molecular flexibility index (Phi) is 7.75. The minimum Gasteiger partial charge on any atom is -0.493 e. The summed E-state index contributed by atoms with van der Waals surface area (Å²) in [6.45, 7) is -1.06. The summed E-state index contributed by atoms with van der Waals surface area (Å²) in [6.07, 6.45) is 2.75. The molecule has 0 radical (unpaired) electrons. The minimum absolute atomic E-state index is 0.107. The standard InChI is InChI=1S/C25H22F2N2O4/c1-16-6-5-7-18(14-16)28-24(31)19-8-3-4-9-20(19)29-23(30)13-11-17-10-12-21(33-25(26)27)22(15-17)32-2/h3-15,25H,1-2H3,(H,28,31)(H,29,30). The summed E-state index contributed by atoms with van der Waals surface area (Å²) in [5.74, 6) is -0.837. The lowest BCUT2D eigenvalue weighted by Gasteiger charge is -2.11. The van der Waals surface area contributed by atoms with Gasteiger partial charge < -0.3 is 20.1 Å². The Hall–Kier alpha value is -4.20. The van der Waals surface area contributed by atoms with Gasteiger partial charge in [-0.1, -0.05) is 30.3 Å². The highest BCUT2D eigenvalue weighted by molar-refractivity contribution is 6.11. The Morgan fingerprint density at radius 1 is 0.939 bits per heavy atom. The lowest BCUT2D eigenvalue weighted by atomic mass is 10.1. The third-order valence-corrected chi connectivity index (χ3v) is 4.54.